The predicted octanol–water partition coefficient (Wildman–Crippen LogP) is 3.52. The third-order valence-corrected chi connectivity index (χ3v) is 5.81. The van der Waals surface area contributed by atoms with Gasteiger partial charge in [-0.3, -0.25) is 4.98 Å². The number of aryl methyl sites for hydroxylation is 1. The van der Waals surface area contributed by atoms with Crippen LogP contribution in [0.25, 0.3) is 10.9 Å². The third-order valence-electron chi connectivity index (χ3n) is 5.81. The molecule has 0 aliphatic carbocycles. The third kappa shape index (κ3) is 4.61. The van der Waals surface area contributed by atoms with Gasteiger partial charge in [0.15, 0.2) is 0 Å². The van der Waals surface area contributed by atoms with Gasteiger partial charge in [0, 0.05) is 30.7 Å². The lowest BCUT2D eigenvalue weighted by Gasteiger charge is -2.33. The fourth-order valence-corrected chi connectivity index (χ4v) is 4.18. The van der Waals surface area contributed by atoms with Gasteiger partial charge in [-0.05, 0) is 75.6 Å². The standard InChI is InChI=1S/C22H34N4/c1-4-26(5-2)15-14-25-22(18-8-11-23-12-9-18)19-10-13-24-21-7-6-17(3)16-20(19)21/h6-7,10,13,16,18,22-23,25H,4-5,8-9,11-12,14-15H2,1-3H3. The molecule has 2 aromatic rings. The average molecular weight is 355 g/mol. The van der Waals surface area contributed by atoms with Gasteiger partial charge in [-0.1, -0.05) is 25.5 Å². The summed E-state index contributed by atoms with van der Waals surface area (Å²) in [6, 6.07) is 9.26. The van der Waals surface area contributed by atoms with E-state index in [4.69, 9.17) is 0 Å². The summed E-state index contributed by atoms with van der Waals surface area (Å²) in [6.45, 7) is 13.3. The van der Waals surface area contributed by atoms with E-state index in [1.807, 2.05) is 6.20 Å². The number of benzene rings is 1. The number of hydrogen-bond donors (Lipinski definition) is 2. The van der Waals surface area contributed by atoms with Crippen LogP contribution in [0.1, 0.15) is 43.9 Å². The monoisotopic (exact) mass is 354 g/mol. The van der Waals surface area contributed by atoms with Gasteiger partial charge < -0.3 is 15.5 Å². The number of likely N-dealkylation sites (N-methyl/N-ethyl adjacent to an activating group) is 1. The van der Waals surface area contributed by atoms with Crippen LogP contribution in [0.3, 0.4) is 0 Å². The van der Waals surface area contributed by atoms with Gasteiger partial charge in [0.25, 0.3) is 0 Å². The van der Waals surface area contributed by atoms with E-state index in [1.54, 1.807) is 0 Å². The van der Waals surface area contributed by atoms with E-state index >= 15 is 0 Å². The summed E-state index contributed by atoms with van der Waals surface area (Å²) in [7, 11) is 0. The zero-order valence-corrected chi connectivity index (χ0v) is 16.6. The van der Waals surface area contributed by atoms with Gasteiger partial charge in [-0.25, -0.2) is 0 Å². The van der Waals surface area contributed by atoms with Crippen molar-refractivity contribution in [3.05, 3.63) is 41.6 Å². The molecule has 0 bridgehead atoms. The first kappa shape index (κ1) is 19.3. The maximum absolute atomic E-state index is 4.60. The van der Waals surface area contributed by atoms with E-state index in [9.17, 15) is 0 Å². The lowest BCUT2D eigenvalue weighted by atomic mass is 9.84. The quantitative estimate of drug-likeness (QED) is 0.761. The lowest BCUT2D eigenvalue weighted by molar-refractivity contribution is 0.257. The van der Waals surface area contributed by atoms with Crippen LogP contribution in [-0.2, 0) is 0 Å². The minimum absolute atomic E-state index is 0.403. The molecule has 1 aromatic heterocycles. The number of pyridine rings is 1. The van der Waals surface area contributed by atoms with Crippen LogP contribution >= 0.6 is 0 Å². The SMILES string of the molecule is CCN(CC)CCNC(c1ccnc2ccc(C)cc12)C1CCNCC1. The Morgan fingerprint density at radius 3 is 2.69 bits per heavy atom. The molecule has 0 spiro atoms. The number of fused-ring (bicyclic) bond motifs is 1. The molecule has 1 aromatic carbocycles. The van der Waals surface area contributed by atoms with E-state index < -0.39 is 0 Å². The molecule has 0 saturated carbocycles. The molecule has 2 N–H and O–H groups in total. The Hall–Kier alpha value is -1.49. The lowest BCUT2D eigenvalue weighted by Crippen LogP contribution is -2.39. The Labute approximate surface area is 158 Å². The molecule has 1 saturated heterocycles. The van der Waals surface area contributed by atoms with E-state index in [-0.39, 0.29) is 0 Å². The molecular weight excluding hydrogens is 320 g/mol. The molecule has 1 unspecified atom stereocenters. The zero-order valence-electron chi connectivity index (χ0n) is 16.6. The van der Waals surface area contributed by atoms with E-state index in [1.165, 1.54) is 29.4 Å². The molecule has 0 radical (unpaired) electrons. The van der Waals surface area contributed by atoms with E-state index in [0.717, 1.165) is 44.8 Å². The molecule has 26 heavy (non-hydrogen) atoms. The van der Waals surface area contributed by atoms with Crippen LogP contribution in [0.5, 0.6) is 0 Å². The fraction of sp³-hybridized carbons (Fsp3) is 0.591. The molecule has 2 heterocycles. The number of rotatable bonds is 8. The number of nitrogens with one attached hydrogen (secondary N) is 2. The van der Waals surface area contributed by atoms with Gasteiger partial charge in [-0.2, -0.15) is 0 Å². The van der Waals surface area contributed by atoms with Crippen molar-refractivity contribution in [2.75, 3.05) is 39.3 Å². The number of aromatic nitrogens is 1. The Kier molecular flexibility index (Phi) is 7.00. The fourth-order valence-electron chi connectivity index (χ4n) is 4.18. The van der Waals surface area contributed by atoms with Crippen LogP contribution < -0.4 is 10.6 Å². The van der Waals surface area contributed by atoms with Crippen molar-refractivity contribution in [3.8, 4) is 0 Å². The van der Waals surface area contributed by atoms with Crippen molar-refractivity contribution in [1.82, 2.24) is 20.5 Å². The smallest absolute Gasteiger partial charge is 0.0705 e. The predicted molar refractivity (Wildman–Crippen MR) is 111 cm³/mol. The zero-order chi connectivity index (χ0) is 18.4. The first-order valence-corrected chi connectivity index (χ1v) is 10.2. The molecule has 1 aliphatic rings. The van der Waals surface area contributed by atoms with Crippen molar-refractivity contribution in [3.63, 3.8) is 0 Å². The highest BCUT2D eigenvalue weighted by atomic mass is 15.1. The topological polar surface area (TPSA) is 40.2 Å². The van der Waals surface area contributed by atoms with Crippen molar-refractivity contribution in [2.24, 2.45) is 5.92 Å². The average Bonchev–Trinajstić information content (AvgIpc) is 2.69. The molecule has 4 nitrogen and oxygen atoms in total. The molecular formula is C22H34N4. The minimum Gasteiger partial charge on any atom is -0.317 e. The highest BCUT2D eigenvalue weighted by Crippen LogP contribution is 2.33. The van der Waals surface area contributed by atoms with Gasteiger partial charge in [0.2, 0.25) is 0 Å². The first-order valence-electron chi connectivity index (χ1n) is 10.2. The van der Waals surface area contributed by atoms with Crippen molar-refractivity contribution >= 4 is 10.9 Å². The number of piperidine rings is 1. The molecule has 3 rings (SSSR count). The van der Waals surface area contributed by atoms with Crippen LogP contribution in [0.2, 0.25) is 0 Å². The number of hydrogen-bond acceptors (Lipinski definition) is 4. The molecule has 4 heteroatoms. The second-order valence-corrected chi connectivity index (χ2v) is 7.47. The van der Waals surface area contributed by atoms with Crippen LogP contribution in [0, 0.1) is 12.8 Å². The summed E-state index contributed by atoms with van der Waals surface area (Å²) < 4.78 is 0. The Balaban J connectivity index is 1.86. The first-order chi connectivity index (χ1) is 12.7. The number of nitrogens with zero attached hydrogens (tertiary/aromatic N) is 2. The molecule has 142 valence electrons. The summed E-state index contributed by atoms with van der Waals surface area (Å²) in [5.74, 6) is 0.680. The van der Waals surface area contributed by atoms with Crippen LogP contribution in [-0.4, -0.2) is 49.2 Å². The van der Waals surface area contributed by atoms with Gasteiger partial charge in [-0.15, -0.1) is 0 Å². The Bertz CT molecular complexity index is 690. The Morgan fingerprint density at radius 2 is 1.96 bits per heavy atom. The summed E-state index contributed by atoms with van der Waals surface area (Å²) >= 11 is 0. The van der Waals surface area contributed by atoms with Crippen molar-refractivity contribution in [1.29, 1.82) is 0 Å². The van der Waals surface area contributed by atoms with Crippen LogP contribution in [0.15, 0.2) is 30.5 Å². The second-order valence-electron chi connectivity index (χ2n) is 7.47. The highest BCUT2D eigenvalue weighted by molar-refractivity contribution is 5.83. The van der Waals surface area contributed by atoms with Gasteiger partial charge >= 0.3 is 0 Å². The summed E-state index contributed by atoms with van der Waals surface area (Å²) in [5.41, 5.74) is 3.83. The second kappa shape index (κ2) is 9.45. The highest BCUT2D eigenvalue weighted by Gasteiger charge is 2.26. The van der Waals surface area contributed by atoms with Gasteiger partial charge in [0.1, 0.15) is 0 Å². The minimum atomic E-state index is 0.403. The molecule has 1 aliphatic heterocycles. The molecule has 1 fully saturated rings. The van der Waals surface area contributed by atoms with Gasteiger partial charge in [0.05, 0.1) is 5.52 Å². The Morgan fingerprint density at radius 1 is 1.19 bits per heavy atom. The van der Waals surface area contributed by atoms with E-state index in [2.05, 4.69) is 65.6 Å². The maximum atomic E-state index is 4.60. The summed E-state index contributed by atoms with van der Waals surface area (Å²) in [6.07, 6.45) is 4.45. The normalized spacial score (nSPS) is 17.1. The summed E-state index contributed by atoms with van der Waals surface area (Å²) in [4.78, 5) is 7.08. The van der Waals surface area contributed by atoms with Crippen molar-refractivity contribution < 1.29 is 0 Å². The largest absolute Gasteiger partial charge is 0.317 e. The molecule has 1 atom stereocenters. The van der Waals surface area contributed by atoms with E-state index in [0.29, 0.717) is 12.0 Å². The summed E-state index contributed by atoms with van der Waals surface area (Å²) in [5, 5.41) is 8.74. The molecule has 0 amide bonds. The van der Waals surface area contributed by atoms with Crippen molar-refractivity contribution in [2.45, 2.75) is 39.7 Å². The maximum Gasteiger partial charge on any atom is 0.0705 e. The van der Waals surface area contributed by atoms with Crippen LogP contribution in [0.4, 0.5) is 0 Å².